The first-order chi connectivity index (χ1) is 9.74. The van der Waals surface area contributed by atoms with Crippen molar-refractivity contribution < 1.29 is 14.0 Å². The van der Waals surface area contributed by atoms with Crippen LogP contribution in [0.25, 0.3) is 11.7 Å². The van der Waals surface area contributed by atoms with Crippen molar-refractivity contribution in [3.05, 3.63) is 53.5 Å². The van der Waals surface area contributed by atoms with Crippen molar-refractivity contribution in [3.8, 4) is 17.4 Å². The number of aromatic nitrogens is 2. The molecule has 102 valence electrons. The number of nitrogens with two attached hydrogens (primary N) is 1. The van der Waals surface area contributed by atoms with Crippen molar-refractivity contribution in [1.29, 1.82) is 0 Å². The van der Waals surface area contributed by atoms with Crippen LogP contribution in [0.15, 0.2) is 45.3 Å². The lowest BCUT2D eigenvalue weighted by atomic mass is 10.1. The number of phenolic OH excluding ortho intramolecular Hbond substituents is 1. The molecule has 2 heterocycles. The molecule has 0 aliphatic rings. The maximum Gasteiger partial charge on any atom is 0.293 e. The van der Waals surface area contributed by atoms with Crippen LogP contribution in [-0.2, 0) is 13.0 Å². The van der Waals surface area contributed by atoms with E-state index in [9.17, 15) is 5.11 Å². The number of aromatic hydroxyl groups is 1. The van der Waals surface area contributed by atoms with Gasteiger partial charge in [-0.05, 0) is 29.8 Å². The van der Waals surface area contributed by atoms with E-state index >= 15 is 0 Å². The Hall–Kier alpha value is -2.60. The predicted octanol–water partition coefficient (Wildman–Crippen LogP) is 2.08. The third-order valence-electron chi connectivity index (χ3n) is 2.84. The average Bonchev–Trinajstić information content (AvgIpc) is 3.10. The van der Waals surface area contributed by atoms with Crippen LogP contribution in [0.3, 0.4) is 0 Å². The molecule has 0 bridgehead atoms. The Labute approximate surface area is 114 Å². The van der Waals surface area contributed by atoms with E-state index in [1.807, 2.05) is 12.1 Å². The van der Waals surface area contributed by atoms with Crippen LogP contribution in [0.1, 0.15) is 17.1 Å². The lowest BCUT2D eigenvalue weighted by Gasteiger charge is -1.96. The molecule has 0 atom stereocenters. The summed E-state index contributed by atoms with van der Waals surface area (Å²) in [5, 5.41) is 13.1. The number of furan rings is 1. The quantitative estimate of drug-likeness (QED) is 0.753. The molecule has 6 heteroatoms. The van der Waals surface area contributed by atoms with Gasteiger partial charge in [0.2, 0.25) is 0 Å². The molecule has 6 nitrogen and oxygen atoms in total. The zero-order chi connectivity index (χ0) is 13.9. The van der Waals surface area contributed by atoms with Crippen LogP contribution in [0, 0.1) is 0 Å². The monoisotopic (exact) mass is 271 g/mol. The standard InChI is InChI=1S/C14H13N3O3/c15-8-11-5-6-12(19-11)14-16-13(17-20-14)7-9-1-3-10(18)4-2-9/h1-6,18H,7-8,15H2. The van der Waals surface area contributed by atoms with E-state index < -0.39 is 0 Å². The largest absolute Gasteiger partial charge is 0.508 e. The van der Waals surface area contributed by atoms with Crippen molar-refractivity contribution in [1.82, 2.24) is 10.1 Å². The minimum atomic E-state index is 0.229. The molecular formula is C14H13N3O3. The van der Waals surface area contributed by atoms with Crippen LogP contribution in [0.4, 0.5) is 0 Å². The first kappa shape index (κ1) is 12.4. The highest BCUT2D eigenvalue weighted by molar-refractivity contribution is 5.44. The molecule has 0 unspecified atom stereocenters. The number of benzene rings is 1. The van der Waals surface area contributed by atoms with Crippen LogP contribution in [-0.4, -0.2) is 15.2 Å². The molecule has 0 aliphatic heterocycles. The molecule has 3 rings (SSSR count). The zero-order valence-corrected chi connectivity index (χ0v) is 10.6. The van der Waals surface area contributed by atoms with E-state index in [1.54, 1.807) is 24.3 Å². The number of phenols is 1. The first-order valence-corrected chi connectivity index (χ1v) is 6.14. The molecule has 0 aliphatic carbocycles. The van der Waals surface area contributed by atoms with Gasteiger partial charge in [-0.3, -0.25) is 0 Å². The molecule has 3 aromatic rings. The van der Waals surface area contributed by atoms with Crippen LogP contribution in [0.2, 0.25) is 0 Å². The Morgan fingerprint density at radius 2 is 1.90 bits per heavy atom. The fourth-order valence-electron chi connectivity index (χ4n) is 1.82. The van der Waals surface area contributed by atoms with E-state index in [2.05, 4.69) is 10.1 Å². The molecule has 0 fully saturated rings. The van der Waals surface area contributed by atoms with Crippen molar-refractivity contribution in [2.45, 2.75) is 13.0 Å². The molecule has 3 N–H and O–H groups in total. The Morgan fingerprint density at radius 3 is 2.60 bits per heavy atom. The molecule has 0 amide bonds. The molecule has 20 heavy (non-hydrogen) atoms. The second kappa shape index (κ2) is 5.18. The van der Waals surface area contributed by atoms with Crippen molar-refractivity contribution in [2.75, 3.05) is 0 Å². The second-order valence-corrected chi connectivity index (χ2v) is 4.33. The maximum absolute atomic E-state index is 9.23. The molecule has 2 aromatic heterocycles. The van der Waals surface area contributed by atoms with E-state index in [0.717, 1.165) is 5.56 Å². The molecule has 0 saturated carbocycles. The summed E-state index contributed by atoms with van der Waals surface area (Å²) in [4.78, 5) is 4.27. The summed E-state index contributed by atoms with van der Waals surface area (Å²) in [5.74, 6) is 2.29. The van der Waals surface area contributed by atoms with Gasteiger partial charge in [-0.25, -0.2) is 0 Å². The molecular weight excluding hydrogens is 258 g/mol. The normalized spacial score (nSPS) is 10.8. The van der Waals surface area contributed by atoms with Crippen LogP contribution >= 0.6 is 0 Å². The van der Waals surface area contributed by atoms with Gasteiger partial charge in [-0.2, -0.15) is 4.98 Å². The summed E-state index contributed by atoms with van der Waals surface area (Å²) in [6.07, 6.45) is 0.522. The highest BCUT2D eigenvalue weighted by Gasteiger charge is 2.13. The van der Waals surface area contributed by atoms with Gasteiger partial charge >= 0.3 is 0 Å². The van der Waals surface area contributed by atoms with Gasteiger partial charge in [0.25, 0.3) is 5.89 Å². The Morgan fingerprint density at radius 1 is 1.10 bits per heavy atom. The summed E-state index contributed by atoms with van der Waals surface area (Å²) in [7, 11) is 0. The van der Waals surface area contributed by atoms with Gasteiger partial charge in [0.15, 0.2) is 11.6 Å². The SMILES string of the molecule is NCc1ccc(-c2nc(Cc3ccc(O)cc3)no2)o1. The second-order valence-electron chi connectivity index (χ2n) is 4.33. The first-order valence-electron chi connectivity index (χ1n) is 6.14. The van der Waals surface area contributed by atoms with Gasteiger partial charge in [0.1, 0.15) is 11.5 Å². The Balaban J connectivity index is 1.78. The molecule has 1 aromatic carbocycles. The Bertz CT molecular complexity index is 701. The summed E-state index contributed by atoms with van der Waals surface area (Å²) in [5.41, 5.74) is 6.46. The summed E-state index contributed by atoms with van der Waals surface area (Å²) in [6.45, 7) is 0.328. The van der Waals surface area contributed by atoms with Gasteiger partial charge < -0.3 is 19.8 Å². The highest BCUT2D eigenvalue weighted by Crippen LogP contribution is 2.21. The fourth-order valence-corrected chi connectivity index (χ4v) is 1.82. The van der Waals surface area contributed by atoms with Crippen molar-refractivity contribution in [2.24, 2.45) is 5.73 Å². The highest BCUT2D eigenvalue weighted by atomic mass is 16.5. The molecule has 0 radical (unpaired) electrons. The van der Waals surface area contributed by atoms with Crippen LogP contribution < -0.4 is 5.73 Å². The number of hydrogen-bond donors (Lipinski definition) is 2. The third kappa shape index (κ3) is 2.55. The van der Waals surface area contributed by atoms with E-state index in [1.165, 1.54) is 0 Å². The van der Waals surface area contributed by atoms with E-state index in [0.29, 0.717) is 36.2 Å². The minimum absolute atomic E-state index is 0.229. The number of nitrogens with zero attached hydrogens (tertiary/aromatic N) is 2. The maximum atomic E-state index is 9.23. The van der Waals surface area contributed by atoms with E-state index in [-0.39, 0.29) is 5.75 Å². The van der Waals surface area contributed by atoms with Gasteiger partial charge in [-0.1, -0.05) is 17.3 Å². The van der Waals surface area contributed by atoms with Gasteiger partial charge in [-0.15, -0.1) is 0 Å². The Kier molecular flexibility index (Phi) is 3.22. The fraction of sp³-hybridized carbons (Fsp3) is 0.143. The molecule has 0 saturated heterocycles. The van der Waals surface area contributed by atoms with Gasteiger partial charge in [0.05, 0.1) is 6.54 Å². The van der Waals surface area contributed by atoms with Gasteiger partial charge in [0, 0.05) is 6.42 Å². The van der Waals surface area contributed by atoms with Crippen LogP contribution in [0.5, 0.6) is 5.75 Å². The zero-order valence-electron chi connectivity index (χ0n) is 10.6. The van der Waals surface area contributed by atoms with Crippen molar-refractivity contribution >= 4 is 0 Å². The third-order valence-corrected chi connectivity index (χ3v) is 2.84. The van der Waals surface area contributed by atoms with E-state index in [4.69, 9.17) is 14.7 Å². The smallest absolute Gasteiger partial charge is 0.293 e. The lowest BCUT2D eigenvalue weighted by Crippen LogP contribution is -1.92. The predicted molar refractivity (Wildman–Crippen MR) is 70.8 cm³/mol. The summed E-state index contributed by atoms with van der Waals surface area (Å²) < 4.78 is 10.6. The average molecular weight is 271 g/mol. The number of hydrogen-bond acceptors (Lipinski definition) is 6. The minimum Gasteiger partial charge on any atom is -0.508 e. The van der Waals surface area contributed by atoms with Crippen molar-refractivity contribution in [3.63, 3.8) is 0 Å². The number of rotatable bonds is 4. The summed E-state index contributed by atoms with van der Waals surface area (Å²) in [6, 6.07) is 10.4. The molecule has 0 spiro atoms. The lowest BCUT2D eigenvalue weighted by molar-refractivity contribution is 0.406. The summed E-state index contributed by atoms with van der Waals surface area (Å²) >= 11 is 0. The topological polar surface area (TPSA) is 98.3 Å².